The van der Waals surface area contributed by atoms with Crippen LogP contribution in [-0.4, -0.2) is 34.3 Å². The molecule has 4 aromatic heterocycles. The molecule has 10 heteroatoms. The van der Waals surface area contributed by atoms with Gasteiger partial charge < -0.3 is 15.6 Å². The maximum Gasteiger partial charge on any atom is 0.250 e. The largest absolute Gasteiger partial charge is 0.368 e. The minimum Gasteiger partial charge on any atom is -0.368 e. The van der Waals surface area contributed by atoms with Crippen LogP contribution >= 0.6 is 0 Å². The van der Waals surface area contributed by atoms with Crippen molar-refractivity contribution in [1.29, 1.82) is 0 Å². The number of nitrogens with one attached hydrogen (secondary N) is 1. The lowest BCUT2D eigenvalue weighted by molar-refractivity contribution is 0.692. The number of anilines is 2. The zero-order valence-corrected chi connectivity index (χ0v) is 19.5. The summed E-state index contributed by atoms with van der Waals surface area (Å²) in [6.07, 6.45) is 5.23. The Labute approximate surface area is 201 Å². The molecule has 0 saturated heterocycles. The number of aryl methyl sites for hydroxylation is 2. The minimum atomic E-state index is -0.0143. The number of fused-ring (bicyclic) bond motifs is 1. The molecule has 176 valence electrons. The number of pyridine rings is 1. The van der Waals surface area contributed by atoms with Crippen LogP contribution in [0.1, 0.15) is 28.1 Å². The van der Waals surface area contributed by atoms with Crippen LogP contribution in [0.4, 0.5) is 11.8 Å². The molecule has 0 radical (unpaired) electrons. The quantitative estimate of drug-likeness (QED) is 0.374. The molecule has 0 unspecified atom stereocenters. The van der Waals surface area contributed by atoms with E-state index in [1.807, 2.05) is 55.1 Å². The van der Waals surface area contributed by atoms with Crippen LogP contribution in [0.25, 0.3) is 11.0 Å². The number of hydrogen-bond donors (Lipinski definition) is 2. The molecule has 1 aromatic carbocycles. The van der Waals surface area contributed by atoms with Crippen molar-refractivity contribution in [2.75, 3.05) is 11.1 Å². The van der Waals surface area contributed by atoms with E-state index in [1.54, 1.807) is 22.9 Å². The molecule has 35 heavy (non-hydrogen) atoms. The zero-order chi connectivity index (χ0) is 24.4. The standard InChI is InChI=1S/C25H25N9O/c1-16-20(17(2)31-25(26)30-16)11-27-23-21-14-34(32-24(21)29-15-28-23)13-19-8-6-18(7-9-19)12-33-10-4-3-5-22(33)35/h3-10,14-15H,11-13H2,1-2H3,(H2,26,30,31)(H,27,28,29,32). The summed E-state index contributed by atoms with van der Waals surface area (Å²) in [5.41, 5.74) is 11.1. The van der Waals surface area contributed by atoms with E-state index in [-0.39, 0.29) is 11.5 Å². The minimum absolute atomic E-state index is 0.0143. The smallest absolute Gasteiger partial charge is 0.250 e. The second-order valence-corrected chi connectivity index (χ2v) is 8.35. The number of nitrogen functional groups attached to an aromatic ring is 1. The van der Waals surface area contributed by atoms with E-state index in [2.05, 4.69) is 30.4 Å². The Morgan fingerprint density at radius 3 is 2.37 bits per heavy atom. The number of nitrogens with two attached hydrogens (primary N) is 1. The van der Waals surface area contributed by atoms with Gasteiger partial charge in [-0.05, 0) is 31.0 Å². The van der Waals surface area contributed by atoms with Crippen molar-refractivity contribution in [2.24, 2.45) is 0 Å². The monoisotopic (exact) mass is 467 g/mol. The Morgan fingerprint density at radius 1 is 0.943 bits per heavy atom. The SMILES string of the molecule is Cc1nc(N)nc(C)c1CNc1ncnc2nn(Cc3ccc(Cn4ccccc4=O)cc3)cc12. The van der Waals surface area contributed by atoms with E-state index < -0.39 is 0 Å². The van der Waals surface area contributed by atoms with Crippen LogP contribution in [0.15, 0.2) is 66.0 Å². The summed E-state index contributed by atoms with van der Waals surface area (Å²) in [5.74, 6) is 0.969. The average molecular weight is 468 g/mol. The van der Waals surface area contributed by atoms with Crippen LogP contribution in [0.3, 0.4) is 0 Å². The van der Waals surface area contributed by atoms with E-state index in [0.29, 0.717) is 31.1 Å². The third kappa shape index (κ3) is 4.86. The summed E-state index contributed by atoms with van der Waals surface area (Å²) < 4.78 is 3.53. The van der Waals surface area contributed by atoms with Crippen molar-refractivity contribution in [1.82, 2.24) is 34.3 Å². The molecule has 5 aromatic rings. The van der Waals surface area contributed by atoms with Crippen LogP contribution in [-0.2, 0) is 19.6 Å². The molecule has 10 nitrogen and oxygen atoms in total. The lowest BCUT2D eigenvalue weighted by atomic mass is 10.1. The second kappa shape index (κ2) is 9.34. The number of aromatic nitrogens is 7. The number of hydrogen-bond acceptors (Lipinski definition) is 8. The summed E-state index contributed by atoms with van der Waals surface area (Å²) in [4.78, 5) is 29.2. The van der Waals surface area contributed by atoms with Gasteiger partial charge in [0.05, 0.1) is 18.5 Å². The number of nitrogens with zero attached hydrogens (tertiary/aromatic N) is 7. The van der Waals surface area contributed by atoms with E-state index >= 15 is 0 Å². The molecule has 0 amide bonds. The van der Waals surface area contributed by atoms with E-state index in [4.69, 9.17) is 5.73 Å². The van der Waals surface area contributed by atoms with Gasteiger partial charge in [-0.25, -0.2) is 19.9 Å². The van der Waals surface area contributed by atoms with E-state index in [1.165, 1.54) is 6.33 Å². The first kappa shape index (κ1) is 22.2. The highest BCUT2D eigenvalue weighted by molar-refractivity contribution is 5.85. The van der Waals surface area contributed by atoms with Crippen LogP contribution in [0.2, 0.25) is 0 Å². The molecule has 5 rings (SSSR count). The predicted molar refractivity (Wildman–Crippen MR) is 134 cm³/mol. The maximum absolute atomic E-state index is 11.9. The Kier molecular flexibility index (Phi) is 5.92. The van der Waals surface area contributed by atoms with Gasteiger partial charge in [0.2, 0.25) is 5.95 Å². The van der Waals surface area contributed by atoms with Crippen molar-refractivity contribution >= 4 is 22.8 Å². The summed E-state index contributed by atoms with van der Waals surface area (Å²) in [5, 5.41) is 8.81. The van der Waals surface area contributed by atoms with Gasteiger partial charge in [-0.2, -0.15) is 5.10 Å². The molecular weight excluding hydrogens is 442 g/mol. The van der Waals surface area contributed by atoms with Gasteiger partial charge in [0.15, 0.2) is 5.65 Å². The Balaban J connectivity index is 1.31. The summed E-state index contributed by atoms with van der Waals surface area (Å²) in [7, 11) is 0. The van der Waals surface area contributed by atoms with Crippen LogP contribution in [0.5, 0.6) is 0 Å². The molecular formula is C25H25N9O. The number of benzene rings is 1. The first-order valence-corrected chi connectivity index (χ1v) is 11.2. The van der Waals surface area contributed by atoms with Crippen LogP contribution < -0.4 is 16.6 Å². The normalized spacial score (nSPS) is 11.1. The fourth-order valence-electron chi connectivity index (χ4n) is 4.02. The molecule has 0 aliphatic rings. The third-order valence-electron chi connectivity index (χ3n) is 5.85. The molecule has 3 N–H and O–H groups in total. The Bertz CT molecular complexity index is 1530. The van der Waals surface area contributed by atoms with Gasteiger partial charge in [-0.3, -0.25) is 9.48 Å². The van der Waals surface area contributed by atoms with Gasteiger partial charge in [0.1, 0.15) is 12.1 Å². The summed E-state index contributed by atoms with van der Waals surface area (Å²) >= 11 is 0. The summed E-state index contributed by atoms with van der Waals surface area (Å²) in [6.45, 7) is 5.47. The van der Waals surface area contributed by atoms with Crippen molar-refractivity contribution in [3.8, 4) is 0 Å². The molecule has 0 aliphatic heterocycles. The van der Waals surface area contributed by atoms with Gasteiger partial charge in [-0.1, -0.05) is 30.3 Å². The van der Waals surface area contributed by atoms with Crippen molar-refractivity contribution in [2.45, 2.75) is 33.5 Å². The fraction of sp³-hybridized carbons (Fsp3) is 0.200. The van der Waals surface area contributed by atoms with Gasteiger partial charge >= 0.3 is 0 Å². The first-order valence-electron chi connectivity index (χ1n) is 11.2. The lowest BCUT2D eigenvalue weighted by Gasteiger charge is -2.11. The van der Waals surface area contributed by atoms with Crippen molar-refractivity contribution in [3.05, 3.63) is 99.6 Å². The van der Waals surface area contributed by atoms with E-state index in [0.717, 1.165) is 33.5 Å². The third-order valence-corrected chi connectivity index (χ3v) is 5.85. The molecule has 4 heterocycles. The van der Waals surface area contributed by atoms with Crippen molar-refractivity contribution in [3.63, 3.8) is 0 Å². The molecule has 0 fully saturated rings. The highest BCUT2D eigenvalue weighted by Gasteiger charge is 2.12. The molecule has 0 bridgehead atoms. The molecule has 0 spiro atoms. The second-order valence-electron chi connectivity index (χ2n) is 8.35. The topological polar surface area (TPSA) is 129 Å². The van der Waals surface area contributed by atoms with Crippen LogP contribution in [0, 0.1) is 13.8 Å². The van der Waals surface area contributed by atoms with Crippen molar-refractivity contribution < 1.29 is 0 Å². The zero-order valence-electron chi connectivity index (χ0n) is 19.5. The average Bonchev–Trinajstić information content (AvgIpc) is 3.24. The maximum atomic E-state index is 11.9. The van der Waals surface area contributed by atoms with Gasteiger partial charge in [0.25, 0.3) is 5.56 Å². The fourth-order valence-corrected chi connectivity index (χ4v) is 4.02. The lowest BCUT2D eigenvalue weighted by Crippen LogP contribution is -2.18. The molecule has 0 saturated carbocycles. The predicted octanol–water partition coefficient (Wildman–Crippen LogP) is 2.69. The Hall–Kier alpha value is -4.60. The summed E-state index contributed by atoms with van der Waals surface area (Å²) in [6, 6.07) is 13.3. The number of rotatable bonds is 7. The highest BCUT2D eigenvalue weighted by Crippen LogP contribution is 2.21. The van der Waals surface area contributed by atoms with E-state index in [9.17, 15) is 4.79 Å². The molecule has 0 aliphatic carbocycles. The Morgan fingerprint density at radius 2 is 1.66 bits per heavy atom. The van der Waals surface area contributed by atoms with Gasteiger partial charge in [0, 0.05) is 42.0 Å². The molecule has 0 atom stereocenters. The highest BCUT2D eigenvalue weighted by atomic mass is 16.1. The van der Waals surface area contributed by atoms with Gasteiger partial charge in [-0.15, -0.1) is 0 Å². The first-order chi connectivity index (χ1) is 17.0.